The molecule has 0 saturated carbocycles. The van der Waals surface area contributed by atoms with E-state index >= 15 is 0 Å². The van der Waals surface area contributed by atoms with Crippen molar-refractivity contribution in [1.29, 1.82) is 0 Å². The van der Waals surface area contributed by atoms with Crippen LogP contribution in [-0.2, 0) is 5.41 Å². The summed E-state index contributed by atoms with van der Waals surface area (Å²) < 4.78 is 14.0. The van der Waals surface area contributed by atoms with Crippen LogP contribution >= 0.6 is 0 Å². The Morgan fingerprint density at radius 2 is 0.847 bits per heavy atom. The summed E-state index contributed by atoms with van der Waals surface area (Å²) in [7, 11) is 0. The molecule has 59 heavy (non-hydrogen) atoms. The predicted octanol–water partition coefficient (Wildman–Crippen LogP) is 15.0. The van der Waals surface area contributed by atoms with Gasteiger partial charge in [0.2, 0.25) is 0 Å². The van der Waals surface area contributed by atoms with Crippen LogP contribution in [0, 0.1) is 0 Å². The van der Waals surface area contributed by atoms with Gasteiger partial charge in [0.05, 0.1) is 5.39 Å². The summed E-state index contributed by atoms with van der Waals surface area (Å²) >= 11 is 0. The van der Waals surface area contributed by atoms with E-state index in [1.807, 2.05) is 12.1 Å². The van der Waals surface area contributed by atoms with Crippen LogP contribution in [-0.4, -0.2) is 0 Å². The largest absolute Gasteiger partial charge is 0.455 e. The van der Waals surface area contributed by atoms with Gasteiger partial charge in [0.1, 0.15) is 16.7 Å². The number of nitrogens with zero attached hydrogens (tertiary/aromatic N) is 2. The summed E-state index contributed by atoms with van der Waals surface area (Å²) in [5.41, 5.74) is 12.0. The quantitative estimate of drug-likeness (QED) is 0.169. The maximum atomic E-state index is 7.13. The number of anilines is 6. The van der Waals surface area contributed by atoms with E-state index in [1.165, 1.54) is 10.8 Å². The number of hydrogen-bond acceptors (Lipinski definition) is 4. The van der Waals surface area contributed by atoms with Crippen molar-refractivity contribution in [2.45, 2.75) is 5.41 Å². The predicted molar refractivity (Wildman–Crippen MR) is 240 cm³/mol. The molecule has 0 fully saturated rings. The smallest absolute Gasteiger partial charge is 0.178 e. The van der Waals surface area contributed by atoms with Crippen LogP contribution in [0.5, 0.6) is 11.5 Å². The number of fused-ring (bicyclic) bond motifs is 12. The van der Waals surface area contributed by atoms with Crippen molar-refractivity contribution in [3.05, 3.63) is 241 Å². The van der Waals surface area contributed by atoms with E-state index in [0.29, 0.717) is 0 Å². The van der Waals surface area contributed by atoms with Crippen LogP contribution in [0.2, 0.25) is 0 Å². The molecule has 1 atom stereocenters. The van der Waals surface area contributed by atoms with E-state index in [-0.39, 0.29) is 0 Å². The van der Waals surface area contributed by atoms with Crippen molar-refractivity contribution in [3.8, 4) is 22.6 Å². The number of para-hydroxylation sites is 5. The van der Waals surface area contributed by atoms with Gasteiger partial charge in [0.15, 0.2) is 11.5 Å². The molecule has 278 valence electrons. The minimum atomic E-state index is -0.856. The summed E-state index contributed by atoms with van der Waals surface area (Å²) in [6.07, 6.45) is 0. The molecule has 0 radical (unpaired) electrons. The molecule has 0 bridgehead atoms. The molecule has 12 rings (SSSR count). The second kappa shape index (κ2) is 13.1. The van der Waals surface area contributed by atoms with Gasteiger partial charge in [0, 0.05) is 39.7 Å². The first-order chi connectivity index (χ1) is 29.3. The highest BCUT2D eigenvalue weighted by molar-refractivity contribution is 5.97. The van der Waals surface area contributed by atoms with Crippen molar-refractivity contribution < 1.29 is 9.15 Å². The minimum Gasteiger partial charge on any atom is -0.455 e. The maximum absolute atomic E-state index is 7.13. The normalized spacial score (nSPS) is 14.6. The molecule has 1 aliphatic heterocycles. The Labute approximate surface area is 342 Å². The highest BCUT2D eigenvalue weighted by atomic mass is 16.5. The lowest BCUT2D eigenvalue weighted by molar-refractivity contribution is 0.389. The first-order valence-electron chi connectivity index (χ1n) is 20.1. The fraction of sp³-hybridized carbons (Fsp3) is 0.0182. The highest BCUT2D eigenvalue weighted by Gasteiger charge is 2.54. The molecule has 1 aliphatic carbocycles. The number of benzene rings is 9. The van der Waals surface area contributed by atoms with Gasteiger partial charge in [-0.25, -0.2) is 0 Å². The molecule has 1 aromatic heterocycles. The molecule has 1 spiro atoms. The molecule has 0 amide bonds. The average Bonchev–Trinajstić information content (AvgIpc) is 3.81. The summed E-state index contributed by atoms with van der Waals surface area (Å²) in [4.78, 5) is 4.70. The maximum Gasteiger partial charge on any atom is 0.178 e. The Kier molecular flexibility index (Phi) is 7.41. The Bertz CT molecular complexity index is 3170. The van der Waals surface area contributed by atoms with Gasteiger partial charge in [-0.15, -0.1) is 0 Å². The van der Waals surface area contributed by atoms with Crippen LogP contribution in [0.3, 0.4) is 0 Å². The molecule has 0 N–H and O–H groups in total. The second-order valence-electron chi connectivity index (χ2n) is 15.3. The zero-order valence-corrected chi connectivity index (χ0v) is 32.0. The first kappa shape index (κ1) is 33.3. The molecule has 1 unspecified atom stereocenters. The fourth-order valence-electron chi connectivity index (χ4n) is 9.52. The van der Waals surface area contributed by atoms with Gasteiger partial charge in [-0.1, -0.05) is 127 Å². The van der Waals surface area contributed by atoms with Crippen LogP contribution < -0.4 is 14.5 Å². The van der Waals surface area contributed by atoms with Crippen molar-refractivity contribution in [3.63, 3.8) is 0 Å². The molecule has 4 nitrogen and oxygen atoms in total. The number of ether oxygens (including phenoxy) is 1. The summed E-state index contributed by atoms with van der Waals surface area (Å²) in [5.74, 6) is 2.36. The van der Waals surface area contributed by atoms with E-state index in [2.05, 4.69) is 216 Å². The van der Waals surface area contributed by atoms with Gasteiger partial charge in [-0.3, -0.25) is 0 Å². The van der Waals surface area contributed by atoms with Gasteiger partial charge < -0.3 is 19.0 Å². The summed E-state index contributed by atoms with van der Waals surface area (Å²) in [5, 5.41) is 3.35. The van der Waals surface area contributed by atoms with E-state index < -0.39 is 5.41 Å². The fourth-order valence-corrected chi connectivity index (χ4v) is 9.52. The van der Waals surface area contributed by atoms with Gasteiger partial charge >= 0.3 is 0 Å². The van der Waals surface area contributed by atoms with E-state index in [9.17, 15) is 0 Å². The molecule has 9 aromatic carbocycles. The SMILES string of the molecule is c1ccc(N(c2ccccc2)c2ccc3c(c2)C2(c4ccccc4Oc4c2oc2ccccc42)c2cc(N(c4ccccc4)c4ccc5ccccc5c4)ccc2-3)cc1. The van der Waals surface area contributed by atoms with Crippen molar-refractivity contribution in [2.75, 3.05) is 9.80 Å². The molecule has 4 heteroatoms. The van der Waals surface area contributed by atoms with Gasteiger partial charge in [0.25, 0.3) is 0 Å². The topological polar surface area (TPSA) is 28.9 Å². The molecule has 2 heterocycles. The Morgan fingerprint density at radius 1 is 0.356 bits per heavy atom. The lowest BCUT2D eigenvalue weighted by Gasteiger charge is -2.37. The first-order valence-corrected chi connectivity index (χ1v) is 20.1. The monoisotopic (exact) mass is 756 g/mol. The molecule has 0 saturated heterocycles. The molecular formula is C55H36N2O2. The third kappa shape index (κ3) is 5.03. The Morgan fingerprint density at radius 3 is 1.49 bits per heavy atom. The molecule has 10 aromatic rings. The summed E-state index contributed by atoms with van der Waals surface area (Å²) in [6, 6.07) is 77.8. The van der Waals surface area contributed by atoms with Crippen LogP contribution in [0.25, 0.3) is 32.9 Å². The molecule has 2 aliphatic rings. The average molecular weight is 757 g/mol. The highest BCUT2D eigenvalue weighted by Crippen LogP contribution is 2.65. The summed E-state index contributed by atoms with van der Waals surface area (Å²) in [6.45, 7) is 0. The number of furan rings is 1. The van der Waals surface area contributed by atoms with E-state index in [0.717, 1.165) is 90.2 Å². The molecular weight excluding hydrogens is 721 g/mol. The van der Waals surface area contributed by atoms with Crippen molar-refractivity contribution >= 4 is 55.9 Å². The zero-order valence-electron chi connectivity index (χ0n) is 32.0. The van der Waals surface area contributed by atoms with E-state index in [4.69, 9.17) is 9.15 Å². The lowest BCUT2D eigenvalue weighted by atomic mass is 9.68. The standard InChI is InChI=1S/C55H36N2O2/c1-4-18-39(19-5-1)56(40-20-6-2-7-21-40)43-30-32-45-46-33-31-44(57(41-22-8-3-9-23-41)42-29-28-37-16-10-11-17-38(37)34-42)36-50(46)55(49(45)35-43)48-25-13-15-27-52(48)58-53-47-24-12-14-26-51(47)59-54(53)55/h1-36H. The lowest BCUT2D eigenvalue weighted by Crippen LogP contribution is -2.31. The van der Waals surface area contributed by atoms with Crippen LogP contribution in [0.15, 0.2) is 223 Å². The van der Waals surface area contributed by atoms with Crippen LogP contribution in [0.4, 0.5) is 34.1 Å². The number of hydrogen-bond donors (Lipinski definition) is 0. The van der Waals surface area contributed by atoms with Crippen molar-refractivity contribution in [1.82, 2.24) is 0 Å². The van der Waals surface area contributed by atoms with Crippen molar-refractivity contribution in [2.24, 2.45) is 0 Å². The Hall–Kier alpha value is -7.82. The van der Waals surface area contributed by atoms with Gasteiger partial charge in [-0.2, -0.15) is 0 Å². The minimum absolute atomic E-state index is 0.756. The zero-order chi connectivity index (χ0) is 38.9. The van der Waals surface area contributed by atoms with E-state index in [1.54, 1.807) is 0 Å². The third-order valence-electron chi connectivity index (χ3n) is 12.0. The number of rotatable bonds is 6. The van der Waals surface area contributed by atoms with Gasteiger partial charge in [-0.05, 0) is 124 Å². The third-order valence-corrected chi connectivity index (χ3v) is 12.0. The van der Waals surface area contributed by atoms with Crippen LogP contribution in [0.1, 0.15) is 22.5 Å². The Balaban J connectivity index is 1.16. The second-order valence-corrected chi connectivity index (χ2v) is 15.3.